The molecule has 312 valence electrons. The van der Waals surface area contributed by atoms with Crippen molar-refractivity contribution in [1.29, 1.82) is 0 Å². The van der Waals surface area contributed by atoms with Crippen LogP contribution >= 0.6 is 0 Å². The van der Waals surface area contributed by atoms with Crippen LogP contribution in [0.15, 0.2) is 224 Å². The monoisotopic (exact) mass is 835 g/mol. The second-order valence-electron chi connectivity index (χ2n) is 17.3. The van der Waals surface area contributed by atoms with Gasteiger partial charge in [0.05, 0.1) is 0 Å². The number of hydrogen-bond acceptors (Lipinski definition) is 2. The van der Waals surface area contributed by atoms with Gasteiger partial charge in [-0.25, -0.2) is 0 Å². The average Bonchev–Trinajstić information content (AvgIpc) is 3.37. The Balaban J connectivity index is 1.16. The molecule has 0 saturated heterocycles. The summed E-state index contributed by atoms with van der Waals surface area (Å²) >= 11 is 0. The van der Waals surface area contributed by atoms with Crippen molar-refractivity contribution in [1.82, 2.24) is 4.90 Å². The molecule has 11 aromatic rings. The molecule has 0 saturated carbocycles. The summed E-state index contributed by atoms with van der Waals surface area (Å²) in [6, 6.07) is 82.5. The zero-order chi connectivity index (χ0) is 43.7. The lowest BCUT2D eigenvalue weighted by molar-refractivity contribution is 0.153. The second kappa shape index (κ2) is 17.4. The maximum atomic E-state index is 6.76. The van der Waals surface area contributed by atoms with Crippen molar-refractivity contribution in [2.45, 2.75) is 13.3 Å². The molecule has 2 nitrogen and oxygen atoms in total. The Labute approximate surface area is 381 Å². The average molecular weight is 836 g/mol. The molecule has 0 heterocycles. The van der Waals surface area contributed by atoms with Gasteiger partial charge in [0.15, 0.2) is 0 Å². The van der Waals surface area contributed by atoms with Gasteiger partial charge in [0, 0.05) is 6.54 Å². The molecule has 0 aliphatic heterocycles. The topological polar surface area (TPSA) is 12.5 Å². The van der Waals surface area contributed by atoms with Crippen LogP contribution in [0.25, 0.3) is 110 Å². The molecule has 11 rings (SSSR count). The summed E-state index contributed by atoms with van der Waals surface area (Å²) < 4.78 is 6.76. The van der Waals surface area contributed by atoms with Crippen molar-refractivity contribution in [3.63, 3.8) is 0 Å². The summed E-state index contributed by atoms with van der Waals surface area (Å²) in [6.45, 7) is 3.66. The quantitative estimate of drug-likeness (QED) is 0.120. The zero-order valence-electron chi connectivity index (χ0n) is 36.8. The highest BCUT2D eigenvalue weighted by molar-refractivity contribution is 6.03. The first kappa shape index (κ1) is 40.0. The van der Waals surface area contributed by atoms with E-state index in [-0.39, 0.29) is 0 Å². The number of rotatable bonds is 11. The maximum absolute atomic E-state index is 6.76. The lowest BCUT2D eigenvalue weighted by Crippen LogP contribution is -2.24. The number of benzene rings is 11. The predicted molar refractivity (Wildman–Crippen MR) is 277 cm³/mol. The van der Waals surface area contributed by atoms with Crippen molar-refractivity contribution >= 4 is 43.1 Å². The molecule has 65 heavy (non-hydrogen) atoms. The molecular weight excluding hydrogens is 787 g/mol. The van der Waals surface area contributed by atoms with E-state index in [4.69, 9.17) is 4.74 Å². The summed E-state index contributed by atoms with van der Waals surface area (Å²) in [5.74, 6) is 0.838. The molecule has 0 atom stereocenters. The molecule has 0 aliphatic rings. The zero-order valence-corrected chi connectivity index (χ0v) is 36.8. The van der Waals surface area contributed by atoms with Gasteiger partial charge in [-0.3, -0.25) is 4.90 Å². The van der Waals surface area contributed by atoms with Gasteiger partial charge in [0.1, 0.15) is 12.5 Å². The van der Waals surface area contributed by atoms with E-state index in [9.17, 15) is 0 Å². The Kier molecular flexibility index (Phi) is 10.7. The van der Waals surface area contributed by atoms with E-state index >= 15 is 0 Å². The van der Waals surface area contributed by atoms with E-state index in [1.54, 1.807) is 0 Å². The van der Waals surface area contributed by atoms with Crippen LogP contribution in [-0.2, 0) is 0 Å². The van der Waals surface area contributed by atoms with Gasteiger partial charge in [0.25, 0.3) is 0 Å². The number of ether oxygens (including phenoxy) is 1. The van der Waals surface area contributed by atoms with Gasteiger partial charge in [-0.05, 0) is 178 Å². The molecule has 0 radical (unpaired) electrons. The van der Waals surface area contributed by atoms with Crippen LogP contribution in [0, 0.1) is 0 Å². The lowest BCUT2D eigenvalue weighted by atomic mass is 9.88. The molecule has 0 unspecified atom stereocenters. The summed E-state index contributed by atoms with van der Waals surface area (Å²) in [5, 5.41) is 9.84. The highest BCUT2D eigenvalue weighted by atomic mass is 16.5. The van der Waals surface area contributed by atoms with E-state index in [2.05, 4.69) is 243 Å². The Bertz CT molecular complexity index is 3110. The van der Waals surface area contributed by atoms with Crippen molar-refractivity contribution < 1.29 is 4.74 Å². The fourth-order valence-electron chi connectivity index (χ4n) is 9.77. The first-order chi connectivity index (χ1) is 32.1. The Hall–Kier alpha value is -7.78. The predicted octanol–water partition coefficient (Wildman–Crippen LogP) is 17.0. The molecule has 2 heteroatoms. The number of nitrogens with zero attached hydrogens (tertiary/aromatic N) is 1. The largest absolute Gasteiger partial charge is 0.478 e. The van der Waals surface area contributed by atoms with Gasteiger partial charge < -0.3 is 4.74 Å². The smallest absolute Gasteiger partial charge is 0.141 e. The Morgan fingerprint density at radius 1 is 0.323 bits per heavy atom. The second-order valence-corrected chi connectivity index (χ2v) is 17.3. The Morgan fingerprint density at radius 3 is 0.938 bits per heavy atom. The molecule has 0 N–H and O–H groups in total. The SMILES string of the molecule is CCCN(C)COc1cc(-c2cc(-c3cccc4ccccc34)cc(-c3cccc4ccccc34)c2)cc(-c2cc(-c3cccc4ccccc34)cc(-c3cccc4ccccc34)c2)c1. The Morgan fingerprint density at radius 2 is 0.600 bits per heavy atom. The fraction of sp³-hybridized carbons (Fsp3) is 0.0794. The highest BCUT2D eigenvalue weighted by Crippen LogP contribution is 2.43. The lowest BCUT2D eigenvalue weighted by Gasteiger charge is -2.19. The van der Waals surface area contributed by atoms with Crippen molar-refractivity contribution in [2.75, 3.05) is 20.3 Å². The first-order valence-electron chi connectivity index (χ1n) is 22.8. The normalized spacial score (nSPS) is 11.6. The molecule has 11 aromatic carbocycles. The fourth-order valence-corrected chi connectivity index (χ4v) is 9.77. The van der Waals surface area contributed by atoms with Gasteiger partial charge in [-0.2, -0.15) is 0 Å². The summed E-state index contributed by atoms with van der Waals surface area (Å²) in [5.41, 5.74) is 14.0. The van der Waals surface area contributed by atoms with Crippen LogP contribution in [0.2, 0.25) is 0 Å². The minimum atomic E-state index is 0.491. The van der Waals surface area contributed by atoms with Crippen molar-refractivity contribution in [2.24, 2.45) is 0 Å². The third-order valence-electron chi connectivity index (χ3n) is 12.9. The van der Waals surface area contributed by atoms with E-state index in [1.807, 2.05) is 0 Å². The van der Waals surface area contributed by atoms with Crippen molar-refractivity contribution in [3.8, 4) is 72.5 Å². The van der Waals surface area contributed by atoms with Crippen LogP contribution < -0.4 is 4.74 Å². The molecule has 0 aliphatic carbocycles. The maximum Gasteiger partial charge on any atom is 0.141 e. The van der Waals surface area contributed by atoms with E-state index in [0.29, 0.717) is 6.73 Å². The third-order valence-corrected chi connectivity index (χ3v) is 12.9. The van der Waals surface area contributed by atoms with Gasteiger partial charge in [0.2, 0.25) is 0 Å². The highest BCUT2D eigenvalue weighted by Gasteiger charge is 2.17. The van der Waals surface area contributed by atoms with E-state index in [1.165, 1.54) is 87.6 Å². The molecule has 0 bridgehead atoms. The van der Waals surface area contributed by atoms with Crippen LogP contribution in [0.1, 0.15) is 13.3 Å². The summed E-state index contributed by atoms with van der Waals surface area (Å²) in [7, 11) is 2.13. The molecule has 0 spiro atoms. The van der Waals surface area contributed by atoms with Crippen LogP contribution in [0.3, 0.4) is 0 Å². The molecule has 0 amide bonds. The minimum Gasteiger partial charge on any atom is -0.478 e. The first-order valence-corrected chi connectivity index (χ1v) is 22.8. The van der Waals surface area contributed by atoms with Crippen LogP contribution in [0.5, 0.6) is 5.75 Å². The standard InChI is InChI=1S/C63H49NO/c1-3-32-64(2)42-65-55-40-49(47-34-51(60-28-12-20-43-16-4-8-24-56(43)60)38-52(35-47)61-29-13-21-44-17-5-9-25-57(44)61)33-50(41-55)48-36-53(62-30-14-22-45-18-6-10-26-58(45)62)39-54(37-48)63-31-15-23-46-19-7-11-27-59(46)63/h4-31,33-41H,3,32,42H2,1-2H3. The van der Waals surface area contributed by atoms with Crippen LogP contribution in [0.4, 0.5) is 0 Å². The third kappa shape index (κ3) is 7.95. The molecule has 0 aromatic heterocycles. The van der Waals surface area contributed by atoms with Crippen LogP contribution in [-0.4, -0.2) is 25.2 Å². The molecular formula is C63H49NO. The summed E-state index contributed by atoms with van der Waals surface area (Å²) in [6.07, 6.45) is 1.06. The van der Waals surface area contributed by atoms with Gasteiger partial charge in [-0.15, -0.1) is 0 Å². The molecule has 0 fully saturated rings. The number of fused-ring (bicyclic) bond motifs is 4. The van der Waals surface area contributed by atoms with Crippen molar-refractivity contribution in [3.05, 3.63) is 224 Å². The summed E-state index contributed by atoms with van der Waals surface area (Å²) in [4.78, 5) is 2.24. The number of hydrogen-bond donors (Lipinski definition) is 0. The van der Waals surface area contributed by atoms with E-state index in [0.717, 1.165) is 41.0 Å². The van der Waals surface area contributed by atoms with E-state index < -0.39 is 0 Å². The van der Waals surface area contributed by atoms with Gasteiger partial charge >= 0.3 is 0 Å². The van der Waals surface area contributed by atoms with Gasteiger partial charge in [-0.1, -0.05) is 177 Å². The minimum absolute atomic E-state index is 0.491.